The molecule has 8 nitrogen and oxygen atoms in total. The Hall–Kier alpha value is -2.90. The van der Waals surface area contributed by atoms with Gasteiger partial charge in [0.15, 0.2) is 0 Å². The summed E-state index contributed by atoms with van der Waals surface area (Å²) in [6.07, 6.45) is 8.15. The van der Waals surface area contributed by atoms with E-state index in [1.807, 2.05) is 0 Å². The van der Waals surface area contributed by atoms with Crippen molar-refractivity contribution in [2.45, 2.75) is 32.1 Å². The molecule has 4 aliphatic rings. The molecule has 4 aliphatic carbocycles. The lowest BCUT2D eigenvalue weighted by atomic mass is 9.71. The molecule has 6 rings (SSSR count). The highest BCUT2D eigenvalue weighted by molar-refractivity contribution is 5.96. The van der Waals surface area contributed by atoms with Crippen molar-refractivity contribution in [3.8, 4) is 0 Å². The molecule has 0 radical (unpaired) electrons. The van der Waals surface area contributed by atoms with Crippen LogP contribution in [0.15, 0.2) is 24.4 Å². The molecule has 8 heteroatoms. The van der Waals surface area contributed by atoms with Crippen LogP contribution in [-0.4, -0.2) is 40.2 Å². The number of amides is 3. The van der Waals surface area contributed by atoms with Crippen LogP contribution in [0.25, 0.3) is 5.65 Å². The van der Waals surface area contributed by atoms with Crippen molar-refractivity contribution < 1.29 is 14.4 Å². The van der Waals surface area contributed by atoms with E-state index in [-0.39, 0.29) is 23.6 Å². The van der Waals surface area contributed by atoms with Gasteiger partial charge in [-0.1, -0.05) is 6.07 Å². The van der Waals surface area contributed by atoms with Crippen LogP contribution in [0.2, 0.25) is 0 Å². The van der Waals surface area contributed by atoms with Crippen LogP contribution in [0.3, 0.4) is 0 Å². The second-order valence-corrected chi connectivity index (χ2v) is 9.92. The zero-order valence-electron chi connectivity index (χ0n) is 16.7. The maximum absolute atomic E-state index is 13.0. The number of nitrogens with zero attached hydrogens (tertiary/aromatic N) is 2. The summed E-state index contributed by atoms with van der Waals surface area (Å²) in [4.78, 5) is 40.4. The SMILES string of the molecule is NC(=O)CNC(=O)c1cn2c(C(=O)NCC34CC5CC5C5(CC5C3)C4)cccc2n1. The van der Waals surface area contributed by atoms with Crippen LogP contribution >= 0.6 is 0 Å². The maximum Gasteiger partial charge on any atom is 0.271 e. The van der Waals surface area contributed by atoms with E-state index in [0.29, 0.717) is 16.8 Å². The fourth-order valence-electron chi connectivity index (χ4n) is 6.79. The molecule has 30 heavy (non-hydrogen) atoms. The molecule has 2 heterocycles. The van der Waals surface area contributed by atoms with E-state index < -0.39 is 11.8 Å². The van der Waals surface area contributed by atoms with Gasteiger partial charge in [0.1, 0.15) is 17.0 Å². The average Bonchev–Trinajstić information content (AvgIpc) is 3.55. The van der Waals surface area contributed by atoms with Gasteiger partial charge in [-0.3, -0.25) is 18.8 Å². The first-order valence-electron chi connectivity index (χ1n) is 10.7. The molecule has 2 aromatic rings. The number of carbonyl (C=O) groups is 3. The maximum atomic E-state index is 13.0. The number of hydrogen-bond donors (Lipinski definition) is 3. The molecule has 5 unspecified atom stereocenters. The van der Waals surface area contributed by atoms with Gasteiger partial charge in [-0.05, 0) is 72.8 Å². The number of fused-ring (bicyclic) bond motifs is 3. The van der Waals surface area contributed by atoms with E-state index in [1.165, 1.54) is 38.3 Å². The minimum absolute atomic E-state index is 0.139. The highest BCUT2D eigenvalue weighted by Crippen LogP contribution is 2.83. The normalized spacial score (nSPS) is 34.7. The number of carbonyl (C=O) groups excluding carboxylic acids is 3. The molecule has 4 saturated carbocycles. The summed E-state index contributed by atoms with van der Waals surface area (Å²) in [5.74, 6) is 1.49. The third-order valence-electron chi connectivity index (χ3n) is 8.02. The summed E-state index contributed by atoms with van der Waals surface area (Å²) < 4.78 is 1.62. The molecule has 4 fully saturated rings. The molecule has 1 spiro atoms. The third-order valence-corrected chi connectivity index (χ3v) is 8.02. The first-order chi connectivity index (χ1) is 14.4. The molecule has 5 atom stereocenters. The van der Waals surface area contributed by atoms with Gasteiger partial charge < -0.3 is 16.4 Å². The topological polar surface area (TPSA) is 119 Å². The van der Waals surface area contributed by atoms with Gasteiger partial charge in [0.2, 0.25) is 5.91 Å². The molecular formula is C22H25N5O3. The van der Waals surface area contributed by atoms with E-state index in [0.717, 1.165) is 24.3 Å². The summed E-state index contributed by atoms with van der Waals surface area (Å²) in [6.45, 7) is 0.469. The first-order valence-corrected chi connectivity index (χ1v) is 10.7. The van der Waals surface area contributed by atoms with Gasteiger partial charge >= 0.3 is 0 Å². The fourth-order valence-corrected chi connectivity index (χ4v) is 6.79. The summed E-state index contributed by atoms with van der Waals surface area (Å²) in [5.41, 5.74) is 7.06. The summed E-state index contributed by atoms with van der Waals surface area (Å²) in [7, 11) is 0. The molecule has 0 saturated heterocycles. The van der Waals surface area contributed by atoms with Crippen molar-refractivity contribution >= 4 is 23.4 Å². The summed E-state index contributed by atoms with van der Waals surface area (Å²) in [6, 6.07) is 5.23. The highest BCUT2D eigenvalue weighted by atomic mass is 16.2. The lowest BCUT2D eigenvalue weighted by Gasteiger charge is -2.36. The van der Waals surface area contributed by atoms with E-state index in [9.17, 15) is 14.4 Å². The third kappa shape index (κ3) is 2.58. The van der Waals surface area contributed by atoms with Crippen LogP contribution in [0.4, 0.5) is 0 Å². The Morgan fingerprint density at radius 1 is 1.17 bits per heavy atom. The number of rotatable bonds is 6. The second-order valence-electron chi connectivity index (χ2n) is 9.92. The van der Waals surface area contributed by atoms with E-state index in [4.69, 9.17) is 5.73 Å². The number of primary amides is 1. The van der Waals surface area contributed by atoms with Gasteiger partial charge in [-0.2, -0.15) is 0 Å². The number of imidazole rings is 1. The molecule has 4 N–H and O–H groups in total. The van der Waals surface area contributed by atoms with Crippen molar-refractivity contribution in [3.63, 3.8) is 0 Å². The summed E-state index contributed by atoms with van der Waals surface area (Å²) in [5, 5.41) is 5.60. The Labute approximate surface area is 173 Å². The zero-order chi connectivity index (χ0) is 20.7. The van der Waals surface area contributed by atoms with Gasteiger partial charge in [-0.15, -0.1) is 0 Å². The van der Waals surface area contributed by atoms with Crippen LogP contribution in [0, 0.1) is 28.6 Å². The Kier molecular flexibility index (Phi) is 3.48. The largest absolute Gasteiger partial charge is 0.368 e. The van der Waals surface area contributed by atoms with Crippen LogP contribution in [0.5, 0.6) is 0 Å². The minimum atomic E-state index is -0.627. The predicted molar refractivity (Wildman–Crippen MR) is 107 cm³/mol. The molecule has 2 aromatic heterocycles. The first kappa shape index (κ1) is 17.9. The van der Waals surface area contributed by atoms with Crippen molar-refractivity contribution in [1.29, 1.82) is 0 Å². The van der Waals surface area contributed by atoms with Crippen LogP contribution in [0.1, 0.15) is 53.1 Å². The van der Waals surface area contributed by atoms with Crippen molar-refractivity contribution in [2.24, 2.45) is 34.3 Å². The molecule has 0 aromatic carbocycles. The Morgan fingerprint density at radius 3 is 2.87 bits per heavy atom. The van der Waals surface area contributed by atoms with Gasteiger partial charge in [0.05, 0.1) is 6.54 Å². The van der Waals surface area contributed by atoms with E-state index in [2.05, 4.69) is 15.6 Å². The van der Waals surface area contributed by atoms with E-state index >= 15 is 0 Å². The Balaban J connectivity index is 1.19. The molecule has 0 aliphatic heterocycles. The number of aromatic nitrogens is 2. The zero-order valence-corrected chi connectivity index (χ0v) is 16.7. The monoisotopic (exact) mass is 407 g/mol. The fraction of sp³-hybridized carbons (Fsp3) is 0.545. The summed E-state index contributed by atoms with van der Waals surface area (Å²) >= 11 is 0. The molecule has 2 bridgehead atoms. The highest BCUT2D eigenvalue weighted by Gasteiger charge is 2.76. The second kappa shape index (κ2) is 5.83. The lowest BCUT2D eigenvalue weighted by Crippen LogP contribution is -2.40. The van der Waals surface area contributed by atoms with Crippen molar-refractivity contribution in [2.75, 3.05) is 13.1 Å². The molecule has 3 amide bonds. The van der Waals surface area contributed by atoms with Crippen molar-refractivity contribution in [3.05, 3.63) is 35.8 Å². The Bertz CT molecular complexity index is 1110. The predicted octanol–water partition coefficient (Wildman–Crippen LogP) is 1.11. The van der Waals surface area contributed by atoms with Gasteiger partial charge in [0, 0.05) is 12.7 Å². The van der Waals surface area contributed by atoms with Crippen LogP contribution in [-0.2, 0) is 4.79 Å². The van der Waals surface area contributed by atoms with E-state index in [1.54, 1.807) is 22.6 Å². The average molecular weight is 407 g/mol. The smallest absolute Gasteiger partial charge is 0.271 e. The van der Waals surface area contributed by atoms with Gasteiger partial charge in [-0.25, -0.2) is 4.98 Å². The number of hydrogen-bond acceptors (Lipinski definition) is 4. The molecular weight excluding hydrogens is 382 g/mol. The lowest BCUT2D eigenvalue weighted by molar-refractivity contribution is -0.117. The Morgan fingerprint density at radius 2 is 2.03 bits per heavy atom. The molecule has 156 valence electrons. The minimum Gasteiger partial charge on any atom is -0.368 e. The standard InChI is InChI=1S/C22H25N5O3/c23-17(28)8-24-19(29)15-9-27-16(2-1-3-18(27)26-15)20(30)25-11-21-5-12-4-14(12)22(10-21)7-13(22)6-21/h1-3,9,12-14H,4-8,10-11H2,(H2,23,28)(H,24,29)(H,25,30). The quantitative estimate of drug-likeness (QED) is 0.664. The number of pyridine rings is 1. The van der Waals surface area contributed by atoms with Gasteiger partial charge in [0.25, 0.3) is 11.8 Å². The number of nitrogens with two attached hydrogens (primary N) is 1. The number of nitrogens with one attached hydrogen (secondary N) is 2. The van der Waals surface area contributed by atoms with Crippen LogP contribution < -0.4 is 16.4 Å². The van der Waals surface area contributed by atoms with Crippen molar-refractivity contribution in [1.82, 2.24) is 20.0 Å².